The molecule has 0 atom stereocenters. The van der Waals surface area contributed by atoms with Gasteiger partial charge in [0.15, 0.2) is 0 Å². The summed E-state index contributed by atoms with van der Waals surface area (Å²) in [5.41, 5.74) is 5.58. The molecule has 1 N–H and O–H groups in total. The molecular formula is C24H23ClN4O2S. The molecule has 0 aliphatic carbocycles. The van der Waals surface area contributed by atoms with E-state index in [2.05, 4.69) is 10.3 Å². The lowest BCUT2D eigenvalue weighted by Gasteiger charge is -2.06. The number of methoxy groups -OCH3 is 1. The standard InChI is InChI=1S/C24H23ClN4O2S/c1-14-21(12-17-8-10-18(25)11-9-17)16(3)29(28-14)24-26-15(2)22(32-24)23(30)27-19-6-5-7-20(13-19)31-4/h5-11,13H,12H2,1-4H3,(H,27,30). The van der Waals surface area contributed by atoms with Crippen molar-refractivity contribution in [1.82, 2.24) is 14.8 Å². The molecule has 2 heterocycles. The maximum Gasteiger partial charge on any atom is 0.267 e. The van der Waals surface area contributed by atoms with Crippen LogP contribution in [0.1, 0.15) is 37.9 Å². The predicted octanol–water partition coefficient (Wildman–Crippen LogP) is 5.76. The van der Waals surface area contributed by atoms with Crippen LogP contribution in [0.25, 0.3) is 5.13 Å². The lowest BCUT2D eigenvalue weighted by atomic mass is 10.0. The van der Waals surface area contributed by atoms with Gasteiger partial charge in [0.2, 0.25) is 5.13 Å². The number of nitrogens with zero attached hydrogens (tertiary/aromatic N) is 3. The van der Waals surface area contributed by atoms with Crippen LogP contribution < -0.4 is 10.1 Å². The summed E-state index contributed by atoms with van der Waals surface area (Å²) in [4.78, 5) is 18.1. The minimum absolute atomic E-state index is 0.206. The number of aryl methyl sites for hydroxylation is 2. The molecule has 0 aliphatic heterocycles. The highest BCUT2D eigenvalue weighted by Gasteiger charge is 2.20. The van der Waals surface area contributed by atoms with Crippen molar-refractivity contribution in [2.75, 3.05) is 12.4 Å². The molecule has 0 saturated carbocycles. The van der Waals surface area contributed by atoms with Gasteiger partial charge in [-0.05, 0) is 50.6 Å². The predicted molar refractivity (Wildman–Crippen MR) is 129 cm³/mol. The van der Waals surface area contributed by atoms with Crippen LogP contribution in [-0.2, 0) is 6.42 Å². The summed E-state index contributed by atoms with van der Waals surface area (Å²) in [6.07, 6.45) is 0.752. The van der Waals surface area contributed by atoms with Crippen molar-refractivity contribution in [2.45, 2.75) is 27.2 Å². The molecule has 0 aliphatic rings. The van der Waals surface area contributed by atoms with E-state index in [1.54, 1.807) is 13.2 Å². The highest BCUT2D eigenvalue weighted by molar-refractivity contribution is 7.16. The first kappa shape index (κ1) is 22.0. The molecule has 0 bridgehead atoms. The number of benzene rings is 2. The summed E-state index contributed by atoms with van der Waals surface area (Å²) in [5, 5.41) is 9.01. The molecule has 0 unspecified atom stereocenters. The van der Waals surface area contributed by atoms with Crippen LogP contribution in [0.15, 0.2) is 48.5 Å². The summed E-state index contributed by atoms with van der Waals surface area (Å²) < 4.78 is 7.04. The van der Waals surface area contributed by atoms with Gasteiger partial charge < -0.3 is 10.1 Å². The minimum atomic E-state index is -0.206. The number of rotatable bonds is 6. The number of amides is 1. The first-order valence-electron chi connectivity index (χ1n) is 10.1. The molecule has 4 aromatic rings. The zero-order valence-corrected chi connectivity index (χ0v) is 19.8. The molecule has 1 amide bonds. The normalized spacial score (nSPS) is 10.9. The second-order valence-corrected chi connectivity index (χ2v) is 8.88. The molecule has 32 heavy (non-hydrogen) atoms. The fourth-order valence-electron chi connectivity index (χ4n) is 3.50. The highest BCUT2D eigenvalue weighted by Crippen LogP contribution is 2.27. The Morgan fingerprint density at radius 1 is 1.12 bits per heavy atom. The van der Waals surface area contributed by atoms with E-state index >= 15 is 0 Å². The molecular weight excluding hydrogens is 444 g/mol. The van der Waals surface area contributed by atoms with Crippen molar-refractivity contribution in [3.05, 3.63) is 86.6 Å². The Hall–Kier alpha value is -3.16. The number of anilines is 1. The van der Waals surface area contributed by atoms with E-state index < -0.39 is 0 Å². The number of nitrogens with one attached hydrogen (secondary N) is 1. The second-order valence-electron chi connectivity index (χ2n) is 7.46. The second kappa shape index (κ2) is 9.14. The summed E-state index contributed by atoms with van der Waals surface area (Å²) in [6.45, 7) is 5.85. The van der Waals surface area contributed by atoms with E-state index in [9.17, 15) is 4.79 Å². The van der Waals surface area contributed by atoms with Crippen molar-refractivity contribution in [2.24, 2.45) is 0 Å². The van der Waals surface area contributed by atoms with Crippen LogP contribution in [0.2, 0.25) is 5.02 Å². The third kappa shape index (κ3) is 4.54. The van der Waals surface area contributed by atoms with E-state index in [1.165, 1.54) is 11.3 Å². The molecule has 2 aromatic carbocycles. The number of carbonyl (C=O) groups is 1. The Morgan fingerprint density at radius 2 is 1.88 bits per heavy atom. The van der Waals surface area contributed by atoms with Gasteiger partial charge in [-0.25, -0.2) is 9.67 Å². The molecule has 0 saturated heterocycles. The number of hydrogen-bond acceptors (Lipinski definition) is 5. The minimum Gasteiger partial charge on any atom is -0.497 e. The van der Waals surface area contributed by atoms with Crippen LogP contribution in [-0.4, -0.2) is 27.8 Å². The first-order valence-corrected chi connectivity index (χ1v) is 11.3. The van der Waals surface area contributed by atoms with Gasteiger partial charge in [-0.2, -0.15) is 5.10 Å². The van der Waals surface area contributed by atoms with Crippen LogP contribution in [0.4, 0.5) is 5.69 Å². The third-order valence-electron chi connectivity index (χ3n) is 5.24. The largest absolute Gasteiger partial charge is 0.497 e. The van der Waals surface area contributed by atoms with Gasteiger partial charge >= 0.3 is 0 Å². The summed E-state index contributed by atoms with van der Waals surface area (Å²) in [5.74, 6) is 0.475. The smallest absolute Gasteiger partial charge is 0.267 e. The Morgan fingerprint density at radius 3 is 2.59 bits per heavy atom. The number of hydrogen-bond donors (Lipinski definition) is 1. The lowest BCUT2D eigenvalue weighted by Crippen LogP contribution is -2.11. The number of aromatic nitrogens is 3. The zero-order chi connectivity index (χ0) is 22.8. The highest BCUT2D eigenvalue weighted by atomic mass is 35.5. The average molecular weight is 467 g/mol. The fourth-order valence-corrected chi connectivity index (χ4v) is 4.59. The van der Waals surface area contributed by atoms with E-state index in [0.29, 0.717) is 27.1 Å². The van der Waals surface area contributed by atoms with Gasteiger partial charge in [0.1, 0.15) is 10.6 Å². The number of ether oxygens (including phenoxy) is 1. The molecule has 0 spiro atoms. The molecule has 4 rings (SSSR count). The molecule has 2 aromatic heterocycles. The zero-order valence-electron chi connectivity index (χ0n) is 18.3. The van der Waals surface area contributed by atoms with Gasteiger partial charge in [0.25, 0.3) is 5.91 Å². The lowest BCUT2D eigenvalue weighted by molar-refractivity contribution is 0.103. The van der Waals surface area contributed by atoms with Crippen molar-refractivity contribution in [3.63, 3.8) is 0 Å². The van der Waals surface area contributed by atoms with Crippen molar-refractivity contribution in [1.29, 1.82) is 0 Å². The van der Waals surface area contributed by atoms with Gasteiger partial charge in [-0.15, -0.1) is 0 Å². The monoisotopic (exact) mass is 466 g/mol. The van der Waals surface area contributed by atoms with E-state index in [4.69, 9.17) is 21.4 Å². The summed E-state index contributed by atoms with van der Waals surface area (Å²) >= 11 is 7.33. The van der Waals surface area contributed by atoms with E-state index in [0.717, 1.165) is 34.0 Å². The summed E-state index contributed by atoms with van der Waals surface area (Å²) in [6, 6.07) is 15.1. The first-order chi connectivity index (χ1) is 15.4. The Bertz CT molecular complexity index is 1280. The Balaban J connectivity index is 1.59. The van der Waals surface area contributed by atoms with Gasteiger partial charge in [-0.1, -0.05) is 41.1 Å². The van der Waals surface area contributed by atoms with Crippen LogP contribution in [0.5, 0.6) is 5.75 Å². The van der Waals surface area contributed by atoms with Crippen molar-refractivity contribution >= 4 is 34.5 Å². The van der Waals surface area contributed by atoms with Gasteiger partial charge in [0.05, 0.1) is 18.5 Å². The topological polar surface area (TPSA) is 69.0 Å². The molecule has 0 radical (unpaired) electrons. The SMILES string of the molecule is COc1cccc(NC(=O)c2sc(-n3nc(C)c(Cc4ccc(Cl)cc4)c3C)nc2C)c1. The van der Waals surface area contributed by atoms with Crippen molar-refractivity contribution < 1.29 is 9.53 Å². The van der Waals surface area contributed by atoms with E-state index in [-0.39, 0.29) is 5.91 Å². The Kier molecular flexibility index (Phi) is 6.30. The fraction of sp³-hybridized carbons (Fsp3) is 0.208. The molecule has 0 fully saturated rings. The quantitative estimate of drug-likeness (QED) is 0.392. The maximum absolute atomic E-state index is 12.9. The molecule has 164 valence electrons. The van der Waals surface area contributed by atoms with E-state index in [1.807, 2.05) is 67.9 Å². The molecule has 8 heteroatoms. The number of thiazole rings is 1. The number of halogens is 1. The van der Waals surface area contributed by atoms with Crippen LogP contribution in [0, 0.1) is 20.8 Å². The van der Waals surface area contributed by atoms with Crippen molar-refractivity contribution in [3.8, 4) is 10.9 Å². The molecule has 6 nitrogen and oxygen atoms in total. The summed E-state index contributed by atoms with van der Waals surface area (Å²) in [7, 11) is 1.59. The van der Waals surface area contributed by atoms with Gasteiger partial charge in [-0.3, -0.25) is 4.79 Å². The number of carbonyl (C=O) groups excluding carboxylic acids is 1. The average Bonchev–Trinajstić information content (AvgIpc) is 3.30. The van der Waals surface area contributed by atoms with Crippen LogP contribution >= 0.6 is 22.9 Å². The maximum atomic E-state index is 12.9. The Labute approximate surface area is 195 Å². The third-order valence-corrected chi connectivity index (χ3v) is 6.62. The van der Waals surface area contributed by atoms with Gasteiger partial charge in [0, 0.05) is 34.5 Å². The van der Waals surface area contributed by atoms with Crippen LogP contribution in [0.3, 0.4) is 0 Å².